The van der Waals surface area contributed by atoms with Gasteiger partial charge in [0.15, 0.2) is 17.0 Å². The van der Waals surface area contributed by atoms with E-state index < -0.39 is 23.4 Å². The Morgan fingerprint density at radius 1 is 1.35 bits per heavy atom. The zero-order valence-electron chi connectivity index (χ0n) is 17.1. The maximum atomic E-state index is 13.1. The van der Waals surface area contributed by atoms with E-state index in [2.05, 4.69) is 33.1 Å². The fourth-order valence-corrected chi connectivity index (χ4v) is 5.34. The van der Waals surface area contributed by atoms with Crippen LogP contribution in [0.1, 0.15) is 24.0 Å². The lowest BCUT2D eigenvalue weighted by Gasteiger charge is -2.25. The summed E-state index contributed by atoms with van der Waals surface area (Å²) in [6, 6.07) is 9.03. The summed E-state index contributed by atoms with van der Waals surface area (Å²) in [7, 11) is 1.51. The first-order valence-electron chi connectivity index (χ1n) is 9.78. The number of hydrogen-bond acceptors (Lipinski definition) is 6. The van der Waals surface area contributed by atoms with Crippen molar-refractivity contribution in [3.63, 3.8) is 0 Å². The number of carbonyl (C=O) groups is 1. The lowest BCUT2D eigenvalue weighted by molar-refractivity contribution is -0.532. The summed E-state index contributed by atoms with van der Waals surface area (Å²) in [5.41, 5.74) is 0.395. The van der Waals surface area contributed by atoms with Crippen molar-refractivity contribution >= 4 is 27.5 Å². The molecule has 1 fully saturated rings. The third kappa shape index (κ3) is 3.19. The highest BCUT2D eigenvalue weighted by atomic mass is 79.9. The maximum Gasteiger partial charge on any atom is 0.256 e. The first-order valence-corrected chi connectivity index (χ1v) is 10.6. The van der Waals surface area contributed by atoms with E-state index in [0.29, 0.717) is 32.8 Å². The van der Waals surface area contributed by atoms with Crippen LogP contribution in [0.15, 0.2) is 53.5 Å². The van der Waals surface area contributed by atoms with Crippen molar-refractivity contribution in [3.05, 3.63) is 74.8 Å². The van der Waals surface area contributed by atoms with Gasteiger partial charge < -0.3 is 14.8 Å². The molecule has 0 aliphatic carbocycles. The van der Waals surface area contributed by atoms with Crippen LogP contribution in [-0.4, -0.2) is 36.6 Å². The molecule has 0 bridgehead atoms. The van der Waals surface area contributed by atoms with E-state index >= 15 is 0 Å². The predicted octanol–water partition coefficient (Wildman–Crippen LogP) is 3.59. The second-order valence-corrected chi connectivity index (χ2v) is 8.48. The molecule has 2 aromatic carbocycles. The fourth-order valence-electron chi connectivity index (χ4n) is 4.77. The first-order chi connectivity index (χ1) is 14.8. The molecule has 2 N–H and O–H groups in total. The van der Waals surface area contributed by atoms with Gasteiger partial charge in [-0.25, -0.2) is 0 Å². The second-order valence-electron chi connectivity index (χ2n) is 7.63. The molecule has 0 aromatic heterocycles. The summed E-state index contributed by atoms with van der Waals surface area (Å²) in [4.78, 5) is 25.2. The topological polar surface area (TPSA) is 103 Å². The van der Waals surface area contributed by atoms with Crippen LogP contribution in [0.25, 0.3) is 0 Å². The number of halogens is 1. The first kappa shape index (κ1) is 21.3. The molecule has 31 heavy (non-hydrogen) atoms. The Hall–Kier alpha value is -2.91. The van der Waals surface area contributed by atoms with Crippen molar-refractivity contribution in [1.82, 2.24) is 5.32 Å². The van der Waals surface area contributed by atoms with Crippen LogP contribution in [0.2, 0.25) is 0 Å². The number of ether oxygens (including phenoxy) is 2. The quantitative estimate of drug-likeness (QED) is 0.366. The minimum Gasteiger partial charge on any atom is -0.493 e. The Morgan fingerprint density at radius 3 is 2.77 bits per heavy atom. The van der Waals surface area contributed by atoms with Crippen LogP contribution < -0.4 is 20.1 Å². The molecule has 162 valence electrons. The molecular formula is C22H22BrN3O5. The van der Waals surface area contributed by atoms with Crippen LogP contribution in [-0.2, 0) is 10.3 Å². The molecule has 2 aliphatic rings. The number of anilines is 1. The summed E-state index contributed by atoms with van der Waals surface area (Å²) < 4.78 is 11.8. The van der Waals surface area contributed by atoms with E-state index in [1.54, 1.807) is 42.5 Å². The zero-order chi connectivity index (χ0) is 22.3. The summed E-state index contributed by atoms with van der Waals surface area (Å²) in [6.07, 6.45) is 1.62. The van der Waals surface area contributed by atoms with Gasteiger partial charge in [-0.05, 0) is 46.6 Å². The number of nitrogens with zero attached hydrogens (tertiary/aromatic N) is 1. The Labute approximate surface area is 187 Å². The predicted molar refractivity (Wildman–Crippen MR) is 119 cm³/mol. The van der Waals surface area contributed by atoms with Crippen molar-refractivity contribution < 1.29 is 19.2 Å². The van der Waals surface area contributed by atoms with Gasteiger partial charge in [0.2, 0.25) is 0 Å². The molecule has 4 rings (SSSR count). The zero-order valence-corrected chi connectivity index (χ0v) is 18.6. The third-order valence-electron chi connectivity index (χ3n) is 5.95. The van der Waals surface area contributed by atoms with Crippen molar-refractivity contribution in [2.24, 2.45) is 0 Å². The molecular weight excluding hydrogens is 466 g/mol. The molecule has 0 saturated carbocycles. The minimum absolute atomic E-state index is 0.285. The standard InChI is InChI=1S/C22H22BrN3O5/c1-4-9-31-19-15(23)10-13(11-17(19)30-3)18-12(2)25-22(20(18)26(28)29)14-7-5-6-8-16(14)24-21(22)27/h4-8,10-12,18,20,25H,1,9H2,2-3H3,(H,24,27)/t12-,18-,20-,22+/m0/s1. The molecule has 2 aromatic rings. The summed E-state index contributed by atoms with van der Waals surface area (Å²) >= 11 is 3.50. The molecule has 1 amide bonds. The molecule has 4 atom stereocenters. The molecule has 0 unspecified atom stereocenters. The molecule has 2 heterocycles. The monoisotopic (exact) mass is 487 g/mol. The Kier molecular flexibility index (Phi) is 5.49. The van der Waals surface area contributed by atoms with Crippen molar-refractivity contribution in [3.8, 4) is 11.5 Å². The van der Waals surface area contributed by atoms with Crippen molar-refractivity contribution in [1.29, 1.82) is 0 Å². The van der Waals surface area contributed by atoms with Crippen molar-refractivity contribution in [2.45, 2.75) is 30.5 Å². The highest BCUT2D eigenvalue weighted by Crippen LogP contribution is 2.51. The van der Waals surface area contributed by atoms with Crippen LogP contribution in [0.3, 0.4) is 0 Å². The Morgan fingerprint density at radius 2 is 2.10 bits per heavy atom. The van der Waals surface area contributed by atoms with E-state index in [4.69, 9.17) is 9.47 Å². The van der Waals surface area contributed by atoms with Crippen LogP contribution >= 0.6 is 15.9 Å². The van der Waals surface area contributed by atoms with Gasteiger partial charge in [0.1, 0.15) is 6.61 Å². The second kappa shape index (κ2) is 7.97. The average molecular weight is 488 g/mol. The van der Waals surface area contributed by atoms with Gasteiger partial charge in [-0.2, -0.15) is 0 Å². The number of benzene rings is 2. The number of hydrogen-bond donors (Lipinski definition) is 2. The molecule has 9 heteroatoms. The van der Waals surface area contributed by atoms with Gasteiger partial charge in [0.25, 0.3) is 11.9 Å². The lowest BCUT2D eigenvalue weighted by Crippen LogP contribution is -2.54. The molecule has 1 saturated heterocycles. The fraction of sp³-hybridized carbons (Fsp3) is 0.318. The van der Waals surface area contributed by atoms with E-state index in [9.17, 15) is 14.9 Å². The van der Waals surface area contributed by atoms with E-state index in [0.717, 1.165) is 0 Å². The number of carbonyl (C=O) groups excluding carboxylic acids is 1. The summed E-state index contributed by atoms with van der Waals surface area (Å²) in [6.45, 7) is 5.78. The molecule has 2 aliphatic heterocycles. The summed E-state index contributed by atoms with van der Waals surface area (Å²) in [5.74, 6) is -0.0777. The number of amides is 1. The number of rotatable bonds is 6. The van der Waals surface area contributed by atoms with Gasteiger partial charge in [0, 0.05) is 22.2 Å². The van der Waals surface area contributed by atoms with Gasteiger partial charge in [0.05, 0.1) is 17.5 Å². The van der Waals surface area contributed by atoms with Gasteiger partial charge in [-0.1, -0.05) is 30.9 Å². The van der Waals surface area contributed by atoms with Crippen molar-refractivity contribution in [2.75, 3.05) is 19.0 Å². The molecule has 8 nitrogen and oxygen atoms in total. The molecule has 1 spiro atoms. The Bertz CT molecular complexity index is 1080. The highest BCUT2D eigenvalue weighted by Gasteiger charge is 2.67. The number of methoxy groups -OCH3 is 1. The SMILES string of the molecule is C=CCOc1c(Br)cc([C@@H]2[C@H](C)N[C@@]3(C(=O)Nc4ccccc43)[C@H]2[N+](=O)[O-])cc1OC. The van der Waals surface area contributed by atoms with Gasteiger partial charge in [-0.15, -0.1) is 0 Å². The maximum absolute atomic E-state index is 13.1. The Balaban J connectivity index is 1.85. The largest absolute Gasteiger partial charge is 0.493 e. The van der Waals surface area contributed by atoms with E-state index in [1.807, 2.05) is 6.92 Å². The molecule has 0 radical (unpaired) electrons. The number of para-hydroxylation sites is 1. The number of nitrogens with one attached hydrogen (secondary N) is 2. The normalized spacial score (nSPS) is 26.4. The van der Waals surface area contributed by atoms with Gasteiger partial charge >= 0.3 is 0 Å². The van der Waals surface area contributed by atoms with Gasteiger partial charge in [-0.3, -0.25) is 20.2 Å². The van der Waals surface area contributed by atoms with E-state index in [-0.39, 0.29) is 17.6 Å². The third-order valence-corrected chi connectivity index (χ3v) is 6.53. The summed E-state index contributed by atoms with van der Waals surface area (Å²) in [5, 5.41) is 18.5. The minimum atomic E-state index is -1.46. The van der Waals surface area contributed by atoms with Crippen LogP contribution in [0, 0.1) is 10.1 Å². The van der Waals surface area contributed by atoms with Crippen LogP contribution in [0.5, 0.6) is 11.5 Å². The van der Waals surface area contributed by atoms with Crippen LogP contribution in [0.4, 0.5) is 5.69 Å². The average Bonchev–Trinajstić information content (AvgIpc) is 3.21. The highest BCUT2D eigenvalue weighted by molar-refractivity contribution is 9.10. The number of nitro groups is 1. The van der Waals surface area contributed by atoms with E-state index in [1.165, 1.54) is 7.11 Å². The smallest absolute Gasteiger partial charge is 0.256 e. The lowest BCUT2D eigenvalue weighted by atomic mass is 9.78. The number of fused-ring (bicyclic) bond motifs is 2.